The molecular formula is C24H29F6N3O5. The lowest BCUT2D eigenvalue weighted by atomic mass is 9.72. The van der Waals surface area contributed by atoms with Gasteiger partial charge in [-0.2, -0.15) is 26.3 Å². The summed E-state index contributed by atoms with van der Waals surface area (Å²) in [4.78, 5) is 28.5. The van der Waals surface area contributed by atoms with Crippen LogP contribution in [0.25, 0.3) is 0 Å². The average molecular weight is 554 g/mol. The van der Waals surface area contributed by atoms with Crippen molar-refractivity contribution in [3.8, 4) is 0 Å². The van der Waals surface area contributed by atoms with Crippen molar-refractivity contribution in [3.05, 3.63) is 29.3 Å². The van der Waals surface area contributed by atoms with E-state index in [1.54, 1.807) is 0 Å². The Hall–Kier alpha value is -2.74. The first-order valence-corrected chi connectivity index (χ1v) is 12.2. The fourth-order valence-electron chi connectivity index (χ4n) is 5.35. The van der Waals surface area contributed by atoms with Gasteiger partial charge in [0.1, 0.15) is 0 Å². The normalized spacial score (nSPS) is 22.5. The Morgan fingerprint density at radius 3 is 2.32 bits per heavy atom. The van der Waals surface area contributed by atoms with Gasteiger partial charge in [-0.1, -0.05) is 12.1 Å². The average Bonchev–Trinajstić information content (AvgIpc) is 2.81. The quantitative estimate of drug-likeness (QED) is 0.556. The van der Waals surface area contributed by atoms with Gasteiger partial charge in [0.25, 0.3) is 6.10 Å². The molecule has 0 saturated carbocycles. The third kappa shape index (κ3) is 6.28. The van der Waals surface area contributed by atoms with Crippen molar-refractivity contribution >= 4 is 17.7 Å². The third-order valence-electron chi connectivity index (χ3n) is 7.33. The van der Waals surface area contributed by atoms with Gasteiger partial charge in [-0.05, 0) is 42.4 Å². The predicted molar refractivity (Wildman–Crippen MR) is 122 cm³/mol. The van der Waals surface area contributed by atoms with Crippen molar-refractivity contribution in [2.75, 3.05) is 50.8 Å². The third-order valence-corrected chi connectivity index (χ3v) is 7.33. The zero-order valence-electron chi connectivity index (χ0n) is 20.6. The monoisotopic (exact) mass is 553 g/mol. The number of carboxylic acid groups (broad SMARTS) is 1. The number of amides is 1. The van der Waals surface area contributed by atoms with Crippen LogP contribution in [0.5, 0.6) is 0 Å². The molecule has 3 fully saturated rings. The predicted octanol–water partition coefficient (Wildman–Crippen LogP) is 3.81. The van der Waals surface area contributed by atoms with Crippen LogP contribution in [-0.2, 0) is 20.8 Å². The number of piperidine rings is 1. The van der Waals surface area contributed by atoms with Crippen molar-refractivity contribution in [1.29, 1.82) is 0 Å². The maximum absolute atomic E-state index is 12.7. The van der Waals surface area contributed by atoms with Crippen molar-refractivity contribution in [1.82, 2.24) is 9.80 Å². The maximum Gasteiger partial charge on any atom is 0.434 e. The minimum atomic E-state index is -5.75. The fraction of sp³-hybridized carbons (Fsp3) is 0.667. The second-order valence-electron chi connectivity index (χ2n) is 10.3. The van der Waals surface area contributed by atoms with Crippen molar-refractivity contribution < 1.29 is 50.5 Å². The molecule has 1 atom stereocenters. The summed E-state index contributed by atoms with van der Waals surface area (Å²) in [7, 11) is 0. The van der Waals surface area contributed by atoms with Crippen LogP contribution in [0.3, 0.4) is 0 Å². The van der Waals surface area contributed by atoms with E-state index in [1.165, 1.54) is 0 Å². The number of hydrogen-bond donors (Lipinski definition) is 1. The van der Waals surface area contributed by atoms with Gasteiger partial charge >= 0.3 is 24.4 Å². The molecule has 1 spiro atoms. The molecule has 212 valence electrons. The molecule has 3 aliphatic rings. The first-order chi connectivity index (χ1) is 17.7. The highest BCUT2D eigenvalue weighted by molar-refractivity contribution is 5.74. The molecule has 4 rings (SSSR count). The van der Waals surface area contributed by atoms with E-state index in [0.717, 1.165) is 21.7 Å². The smallest absolute Gasteiger partial charge is 0.434 e. The summed E-state index contributed by atoms with van der Waals surface area (Å²) in [6.45, 7) is 4.97. The van der Waals surface area contributed by atoms with Gasteiger partial charge in [0.05, 0.1) is 13.2 Å². The van der Waals surface area contributed by atoms with E-state index in [-0.39, 0.29) is 25.0 Å². The second-order valence-corrected chi connectivity index (χ2v) is 10.3. The first kappa shape index (κ1) is 28.3. The Labute approximate surface area is 215 Å². The zero-order chi connectivity index (χ0) is 27.9. The Balaban J connectivity index is 1.32. The Morgan fingerprint density at radius 1 is 1.11 bits per heavy atom. The number of alkyl halides is 6. The minimum absolute atomic E-state index is 0.00917. The summed E-state index contributed by atoms with van der Waals surface area (Å²) < 4.78 is 85.5. The lowest BCUT2D eigenvalue weighted by Gasteiger charge is -2.54. The van der Waals surface area contributed by atoms with Crippen LogP contribution in [0.1, 0.15) is 24.0 Å². The molecule has 38 heavy (non-hydrogen) atoms. The van der Waals surface area contributed by atoms with Crippen LogP contribution >= 0.6 is 0 Å². The number of aliphatic carboxylic acids is 1. The van der Waals surface area contributed by atoms with E-state index >= 15 is 0 Å². The molecule has 0 bridgehead atoms. The van der Waals surface area contributed by atoms with Gasteiger partial charge in [-0.15, -0.1) is 0 Å². The molecule has 0 aliphatic carbocycles. The van der Waals surface area contributed by atoms with E-state index in [4.69, 9.17) is 4.74 Å². The van der Waals surface area contributed by atoms with Crippen LogP contribution < -0.4 is 4.90 Å². The molecule has 1 N–H and O–H groups in total. The van der Waals surface area contributed by atoms with Crippen molar-refractivity contribution in [2.24, 2.45) is 5.41 Å². The molecule has 1 aromatic rings. The highest BCUT2D eigenvalue weighted by atomic mass is 19.4. The van der Waals surface area contributed by atoms with E-state index in [2.05, 4.69) is 9.64 Å². The number of rotatable bonds is 5. The van der Waals surface area contributed by atoms with Gasteiger partial charge in [0, 0.05) is 45.0 Å². The van der Waals surface area contributed by atoms with E-state index in [9.17, 15) is 41.0 Å². The van der Waals surface area contributed by atoms with Gasteiger partial charge < -0.3 is 24.4 Å². The van der Waals surface area contributed by atoms with Gasteiger partial charge in [0.2, 0.25) is 0 Å². The molecule has 0 aromatic heterocycles. The van der Waals surface area contributed by atoms with Crippen LogP contribution in [0.2, 0.25) is 0 Å². The highest BCUT2D eigenvalue weighted by Gasteiger charge is 2.60. The second kappa shape index (κ2) is 10.4. The molecule has 14 heteroatoms. The number of ether oxygens (including phenoxy) is 2. The molecule has 1 aromatic carbocycles. The van der Waals surface area contributed by atoms with Crippen molar-refractivity contribution in [2.45, 2.75) is 50.9 Å². The van der Waals surface area contributed by atoms with Crippen LogP contribution in [0.4, 0.5) is 36.8 Å². The number of carbonyl (C=O) groups excluding carboxylic acids is 1. The van der Waals surface area contributed by atoms with E-state index < -0.39 is 36.6 Å². The fourth-order valence-corrected chi connectivity index (χ4v) is 5.35. The number of carboxylic acids is 1. The lowest BCUT2D eigenvalue weighted by molar-refractivity contribution is -0.308. The molecule has 3 heterocycles. The summed E-state index contributed by atoms with van der Waals surface area (Å²) in [5.74, 6) is -1.02. The Morgan fingerprint density at radius 2 is 1.74 bits per heavy atom. The maximum atomic E-state index is 12.7. The zero-order valence-corrected chi connectivity index (χ0v) is 20.6. The van der Waals surface area contributed by atoms with E-state index in [0.29, 0.717) is 45.6 Å². The SMILES string of the molecule is Cc1ccc(CN2CC3(CCN(C(=O)OC(C(F)(F)F)C(F)(F)F)CC3)C2)c(N2CCOC(C(=O)O)C2)c1. The van der Waals surface area contributed by atoms with Gasteiger partial charge in [-0.3, -0.25) is 4.90 Å². The van der Waals surface area contributed by atoms with E-state index in [1.807, 2.05) is 30.0 Å². The number of likely N-dealkylation sites (tertiary alicyclic amines) is 2. The molecule has 1 unspecified atom stereocenters. The number of morpholine rings is 1. The van der Waals surface area contributed by atoms with Crippen LogP contribution in [-0.4, -0.2) is 97.4 Å². The number of hydrogen-bond acceptors (Lipinski definition) is 6. The Kier molecular flexibility index (Phi) is 7.77. The summed E-state index contributed by atoms with van der Waals surface area (Å²) in [5, 5.41) is 9.34. The topological polar surface area (TPSA) is 82.5 Å². The van der Waals surface area contributed by atoms with Gasteiger partial charge in [0.15, 0.2) is 6.10 Å². The molecule has 0 radical (unpaired) electrons. The molecule has 1 amide bonds. The standard InChI is InChI=1S/C24H29F6N3O5/c1-15-2-3-16(17(10-15)33-8-9-37-18(12-33)19(34)35)11-31-13-22(14-31)4-6-32(7-5-22)21(36)38-20(23(25,26)27)24(28,29)30/h2-3,10,18,20H,4-9,11-14H2,1H3,(H,34,35). The molecular weight excluding hydrogens is 524 g/mol. The minimum Gasteiger partial charge on any atom is -0.479 e. The Bertz CT molecular complexity index is 1020. The van der Waals surface area contributed by atoms with Crippen LogP contribution in [0.15, 0.2) is 18.2 Å². The van der Waals surface area contributed by atoms with Crippen molar-refractivity contribution in [3.63, 3.8) is 0 Å². The number of benzene rings is 1. The number of halogens is 6. The first-order valence-electron chi connectivity index (χ1n) is 12.2. The number of anilines is 1. The highest BCUT2D eigenvalue weighted by Crippen LogP contribution is 2.42. The summed E-state index contributed by atoms with van der Waals surface area (Å²) >= 11 is 0. The lowest BCUT2D eigenvalue weighted by Crippen LogP contribution is -2.60. The molecule has 3 aliphatic heterocycles. The summed E-state index contributed by atoms with van der Waals surface area (Å²) in [5.41, 5.74) is 2.80. The van der Waals surface area contributed by atoms with Crippen LogP contribution in [0, 0.1) is 12.3 Å². The molecule has 8 nitrogen and oxygen atoms in total. The molecule has 3 saturated heterocycles. The number of carbonyl (C=O) groups is 2. The summed E-state index contributed by atoms with van der Waals surface area (Å²) in [6, 6.07) is 5.98. The number of aryl methyl sites for hydroxylation is 1. The summed E-state index contributed by atoms with van der Waals surface area (Å²) in [6.07, 6.45) is -17.3. The largest absolute Gasteiger partial charge is 0.479 e. The van der Waals surface area contributed by atoms with Gasteiger partial charge in [-0.25, -0.2) is 9.59 Å². The number of nitrogens with zero attached hydrogens (tertiary/aromatic N) is 3.